The lowest BCUT2D eigenvalue weighted by Crippen LogP contribution is -2.23. The second kappa shape index (κ2) is 5.96. The van der Waals surface area contributed by atoms with Crippen LogP contribution in [0.15, 0.2) is 36.7 Å². The van der Waals surface area contributed by atoms with Crippen LogP contribution in [0.25, 0.3) is 0 Å². The molecule has 3 rings (SSSR count). The molecule has 5 heteroatoms. The van der Waals surface area contributed by atoms with Crippen LogP contribution in [-0.2, 0) is 0 Å². The molecule has 1 aliphatic heterocycles. The minimum Gasteiger partial charge on any atom is -0.504 e. The number of phenolic OH excluding ortho intramolecular Hbond substituents is 1. The van der Waals surface area contributed by atoms with E-state index in [2.05, 4.69) is 10.4 Å². The summed E-state index contributed by atoms with van der Waals surface area (Å²) < 4.78 is 7.61. The largest absolute Gasteiger partial charge is 0.504 e. The molecule has 106 valence electrons. The summed E-state index contributed by atoms with van der Waals surface area (Å²) in [5.74, 6) is 1.23. The molecule has 0 aliphatic carbocycles. The molecule has 0 amide bonds. The number of benzene rings is 1. The zero-order valence-electron chi connectivity index (χ0n) is 11.3. The molecule has 2 heterocycles. The minimum atomic E-state index is 0.136. The first-order valence-corrected chi connectivity index (χ1v) is 7.03. The van der Waals surface area contributed by atoms with E-state index in [4.69, 9.17) is 4.74 Å². The summed E-state index contributed by atoms with van der Waals surface area (Å²) in [6.45, 7) is 2.02. The maximum absolute atomic E-state index is 9.70. The molecule has 0 radical (unpaired) electrons. The molecule has 1 aromatic carbocycles. The van der Waals surface area contributed by atoms with Crippen LogP contribution in [0.5, 0.6) is 17.2 Å². The number of aromatic hydroxyl groups is 1. The molecule has 1 atom stereocenters. The van der Waals surface area contributed by atoms with Crippen LogP contribution >= 0.6 is 0 Å². The number of rotatable bonds is 3. The Hall–Kier alpha value is -2.01. The van der Waals surface area contributed by atoms with Crippen LogP contribution in [0.2, 0.25) is 0 Å². The molecule has 0 bridgehead atoms. The van der Waals surface area contributed by atoms with Crippen LogP contribution in [0.1, 0.15) is 25.3 Å². The zero-order chi connectivity index (χ0) is 13.8. The van der Waals surface area contributed by atoms with Crippen LogP contribution in [-0.4, -0.2) is 28.0 Å². The number of ether oxygens (including phenoxy) is 1. The summed E-state index contributed by atoms with van der Waals surface area (Å²) in [6, 6.07) is 7.31. The summed E-state index contributed by atoms with van der Waals surface area (Å²) in [4.78, 5) is 0. The van der Waals surface area contributed by atoms with E-state index in [0.717, 1.165) is 19.5 Å². The first-order chi connectivity index (χ1) is 9.83. The molecule has 1 unspecified atom stereocenters. The van der Waals surface area contributed by atoms with Crippen molar-refractivity contribution in [2.45, 2.75) is 25.3 Å². The van der Waals surface area contributed by atoms with Gasteiger partial charge in [-0.1, -0.05) is 18.6 Å². The number of hydrogen-bond donors (Lipinski definition) is 2. The minimum absolute atomic E-state index is 0.136. The average molecular weight is 273 g/mol. The van der Waals surface area contributed by atoms with E-state index in [-0.39, 0.29) is 5.75 Å². The van der Waals surface area contributed by atoms with Gasteiger partial charge in [0.1, 0.15) is 0 Å². The van der Waals surface area contributed by atoms with E-state index in [1.165, 1.54) is 12.8 Å². The number of nitrogens with zero attached hydrogens (tertiary/aromatic N) is 2. The van der Waals surface area contributed by atoms with Gasteiger partial charge in [-0.2, -0.15) is 5.10 Å². The fourth-order valence-electron chi connectivity index (χ4n) is 2.47. The number of para-hydroxylation sites is 2. The van der Waals surface area contributed by atoms with Gasteiger partial charge in [0.2, 0.25) is 0 Å². The highest BCUT2D eigenvalue weighted by molar-refractivity contribution is 5.40. The van der Waals surface area contributed by atoms with Crippen molar-refractivity contribution in [3.63, 3.8) is 0 Å². The Kier molecular flexibility index (Phi) is 3.87. The van der Waals surface area contributed by atoms with Gasteiger partial charge < -0.3 is 15.2 Å². The standard InChI is InChI=1S/C15H19N3O2/c19-14-6-1-2-7-15(14)20-13-10-17-18(11-13)12-5-3-4-8-16-9-12/h1-2,6-7,10-12,16,19H,3-5,8-9H2. The number of phenols is 1. The van der Waals surface area contributed by atoms with Gasteiger partial charge >= 0.3 is 0 Å². The highest BCUT2D eigenvalue weighted by atomic mass is 16.5. The van der Waals surface area contributed by atoms with E-state index in [0.29, 0.717) is 17.5 Å². The normalized spacial score (nSPS) is 19.5. The highest BCUT2D eigenvalue weighted by Crippen LogP contribution is 2.30. The van der Waals surface area contributed by atoms with Crippen molar-refractivity contribution in [3.05, 3.63) is 36.7 Å². The molecule has 20 heavy (non-hydrogen) atoms. The van der Waals surface area contributed by atoms with Gasteiger partial charge in [-0.05, 0) is 31.5 Å². The molecule has 1 saturated heterocycles. The molecular formula is C15H19N3O2. The molecule has 2 N–H and O–H groups in total. The summed E-state index contributed by atoms with van der Waals surface area (Å²) in [7, 11) is 0. The first-order valence-electron chi connectivity index (χ1n) is 7.03. The number of nitrogens with one attached hydrogen (secondary N) is 1. The third kappa shape index (κ3) is 2.93. The molecule has 1 aromatic heterocycles. The van der Waals surface area contributed by atoms with Crippen LogP contribution < -0.4 is 10.1 Å². The van der Waals surface area contributed by atoms with Crippen molar-refractivity contribution < 1.29 is 9.84 Å². The molecule has 0 saturated carbocycles. The Morgan fingerprint density at radius 2 is 2.20 bits per heavy atom. The van der Waals surface area contributed by atoms with Gasteiger partial charge in [0.25, 0.3) is 0 Å². The Morgan fingerprint density at radius 3 is 3.10 bits per heavy atom. The number of hydrogen-bond acceptors (Lipinski definition) is 4. The maximum Gasteiger partial charge on any atom is 0.169 e. The van der Waals surface area contributed by atoms with Gasteiger partial charge in [0.15, 0.2) is 17.2 Å². The zero-order valence-corrected chi connectivity index (χ0v) is 11.3. The Labute approximate surface area is 118 Å². The van der Waals surface area contributed by atoms with E-state index in [9.17, 15) is 5.11 Å². The van der Waals surface area contributed by atoms with E-state index >= 15 is 0 Å². The van der Waals surface area contributed by atoms with Crippen molar-refractivity contribution in [1.82, 2.24) is 15.1 Å². The third-order valence-corrected chi connectivity index (χ3v) is 3.57. The summed E-state index contributed by atoms with van der Waals surface area (Å²) >= 11 is 0. The third-order valence-electron chi connectivity index (χ3n) is 3.57. The monoisotopic (exact) mass is 273 g/mol. The predicted octanol–water partition coefficient (Wildman–Crippen LogP) is 2.70. The summed E-state index contributed by atoms with van der Waals surface area (Å²) in [6.07, 6.45) is 7.15. The second-order valence-corrected chi connectivity index (χ2v) is 5.08. The van der Waals surface area contributed by atoms with Crippen molar-refractivity contribution in [1.29, 1.82) is 0 Å². The smallest absolute Gasteiger partial charge is 0.169 e. The lowest BCUT2D eigenvalue weighted by atomic mass is 10.1. The Bertz CT molecular complexity index is 560. The Morgan fingerprint density at radius 1 is 1.30 bits per heavy atom. The van der Waals surface area contributed by atoms with Crippen molar-refractivity contribution in [3.8, 4) is 17.2 Å². The summed E-state index contributed by atoms with van der Waals surface area (Å²) in [5, 5.41) is 17.5. The molecular weight excluding hydrogens is 254 g/mol. The molecule has 1 fully saturated rings. The fraction of sp³-hybridized carbons (Fsp3) is 0.400. The molecule has 0 spiro atoms. The predicted molar refractivity (Wildman–Crippen MR) is 76.2 cm³/mol. The molecule has 2 aromatic rings. The molecule has 1 aliphatic rings. The lowest BCUT2D eigenvalue weighted by molar-refractivity contribution is 0.404. The van der Waals surface area contributed by atoms with Crippen molar-refractivity contribution >= 4 is 0 Å². The van der Waals surface area contributed by atoms with Crippen LogP contribution in [0.3, 0.4) is 0 Å². The Balaban J connectivity index is 1.71. The first kappa shape index (κ1) is 13.0. The SMILES string of the molecule is Oc1ccccc1Oc1cnn(C2CCCCNC2)c1. The van der Waals surface area contributed by atoms with Gasteiger partial charge in [-0.25, -0.2) is 0 Å². The van der Waals surface area contributed by atoms with Crippen LogP contribution in [0, 0.1) is 0 Å². The quantitative estimate of drug-likeness (QED) is 0.902. The number of aromatic nitrogens is 2. The summed E-state index contributed by atoms with van der Waals surface area (Å²) in [5.41, 5.74) is 0. The second-order valence-electron chi connectivity index (χ2n) is 5.08. The lowest BCUT2D eigenvalue weighted by Gasteiger charge is -2.14. The highest BCUT2D eigenvalue weighted by Gasteiger charge is 2.15. The van der Waals surface area contributed by atoms with Gasteiger partial charge in [0, 0.05) is 6.54 Å². The van der Waals surface area contributed by atoms with E-state index in [1.54, 1.807) is 24.4 Å². The molecule has 5 nitrogen and oxygen atoms in total. The van der Waals surface area contributed by atoms with Gasteiger partial charge in [-0.3, -0.25) is 4.68 Å². The van der Waals surface area contributed by atoms with Crippen LogP contribution in [0.4, 0.5) is 0 Å². The maximum atomic E-state index is 9.70. The van der Waals surface area contributed by atoms with Gasteiger partial charge in [-0.15, -0.1) is 0 Å². The van der Waals surface area contributed by atoms with E-state index < -0.39 is 0 Å². The topological polar surface area (TPSA) is 59.3 Å². The fourth-order valence-corrected chi connectivity index (χ4v) is 2.47. The van der Waals surface area contributed by atoms with Crippen molar-refractivity contribution in [2.75, 3.05) is 13.1 Å². The van der Waals surface area contributed by atoms with Crippen molar-refractivity contribution in [2.24, 2.45) is 0 Å². The van der Waals surface area contributed by atoms with Gasteiger partial charge in [0.05, 0.1) is 18.4 Å². The average Bonchev–Trinajstić information content (AvgIpc) is 2.74. The van der Waals surface area contributed by atoms with E-state index in [1.807, 2.05) is 16.9 Å².